The average molecular weight is 112 g/mol. The smallest absolute Gasteiger partial charge is 0.0119 e. The minimum absolute atomic E-state index is 0.565. The van der Waals surface area contributed by atoms with Crippen molar-refractivity contribution in [3.05, 3.63) is 6.92 Å². The highest BCUT2D eigenvalue weighted by Crippen LogP contribution is 2.20. The van der Waals surface area contributed by atoms with Gasteiger partial charge in [0, 0.05) is 6.04 Å². The van der Waals surface area contributed by atoms with E-state index in [1.807, 2.05) is 0 Å². The van der Waals surface area contributed by atoms with Crippen molar-refractivity contribution in [2.75, 3.05) is 13.6 Å². The van der Waals surface area contributed by atoms with Crippen LogP contribution in [0.3, 0.4) is 0 Å². The molecule has 0 spiro atoms. The summed E-state index contributed by atoms with van der Waals surface area (Å²) in [5.74, 6) is 0.806. The van der Waals surface area contributed by atoms with Crippen molar-refractivity contribution >= 4 is 0 Å². The summed E-state index contributed by atoms with van der Waals surface area (Å²) in [7, 11) is 2.14. The van der Waals surface area contributed by atoms with E-state index in [0.717, 1.165) is 5.92 Å². The number of hydrogen-bond donors (Lipinski definition) is 0. The van der Waals surface area contributed by atoms with Crippen LogP contribution in [-0.2, 0) is 0 Å². The SMILES string of the molecule is [CH2]C1C(C)CCN1C. The normalized spacial score (nSPS) is 40.9. The zero-order chi connectivity index (χ0) is 6.15. The molecule has 1 heteroatoms. The molecule has 1 aliphatic rings. The molecule has 1 aliphatic heterocycles. The van der Waals surface area contributed by atoms with Crippen LogP contribution in [0, 0.1) is 12.8 Å². The molecule has 0 aromatic heterocycles. The predicted molar refractivity (Wildman–Crippen MR) is 35.6 cm³/mol. The number of nitrogens with zero attached hydrogens (tertiary/aromatic N) is 1. The first-order chi connectivity index (χ1) is 3.72. The molecule has 47 valence electrons. The van der Waals surface area contributed by atoms with Gasteiger partial charge in [-0.15, -0.1) is 0 Å². The highest BCUT2D eigenvalue weighted by molar-refractivity contribution is 4.83. The molecule has 1 radical (unpaired) electrons. The Morgan fingerprint density at radius 3 is 2.38 bits per heavy atom. The molecule has 0 aromatic carbocycles. The topological polar surface area (TPSA) is 3.24 Å². The minimum atomic E-state index is 0.565. The van der Waals surface area contributed by atoms with Crippen molar-refractivity contribution in [1.29, 1.82) is 0 Å². The standard InChI is InChI=1S/C7H14N/c1-6-4-5-8(3)7(6)2/h6-7H,2,4-5H2,1,3H3. The first-order valence-electron chi connectivity index (χ1n) is 3.25. The molecular formula is C7H14N. The van der Waals surface area contributed by atoms with Crippen LogP contribution in [0.25, 0.3) is 0 Å². The van der Waals surface area contributed by atoms with Gasteiger partial charge in [-0.1, -0.05) is 6.92 Å². The van der Waals surface area contributed by atoms with Gasteiger partial charge < -0.3 is 4.90 Å². The molecule has 1 rings (SSSR count). The van der Waals surface area contributed by atoms with Crippen LogP contribution in [0.1, 0.15) is 13.3 Å². The fraction of sp³-hybridized carbons (Fsp3) is 0.857. The lowest BCUT2D eigenvalue weighted by Gasteiger charge is -2.16. The van der Waals surface area contributed by atoms with Gasteiger partial charge in [-0.3, -0.25) is 0 Å². The first kappa shape index (κ1) is 6.09. The Balaban J connectivity index is 2.44. The third-order valence-corrected chi connectivity index (χ3v) is 2.16. The van der Waals surface area contributed by atoms with Crippen LogP contribution in [-0.4, -0.2) is 24.5 Å². The van der Waals surface area contributed by atoms with Crippen LogP contribution < -0.4 is 0 Å². The molecule has 0 saturated carbocycles. The van der Waals surface area contributed by atoms with E-state index < -0.39 is 0 Å². The van der Waals surface area contributed by atoms with Crippen LogP contribution in [0.5, 0.6) is 0 Å². The molecule has 0 amide bonds. The van der Waals surface area contributed by atoms with E-state index in [1.165, 1.54) is 13.0 Å². The lowest BCUT2D eigenvalue weighted by atomic mass is 10.1. The zero-order valence-corrected chi connectivity index (χ0v) is 5.72. The second kappa shape index (κ2) is 2.06. The molecule has 1 heterocycles. The van der Waals surface area contributed by atoms with Gasteiger partial charge in [-0.05, 0) is 32.9 Å². The minimum Gasteiger partial charge on any atom is -0.303 e. The van der Waals surface area contributed by atoms with Gasteiger partial charge in [0.05, 0.1) is 0 Å². The maximum atomic E-state index is 4.03. The highest BCUT2D eigenvalue weighted by atomic mass is 15.1. The van der Waals surface area contributed by atoms with E-state index in [0.29, 0.717) is 6.04 Å². The second-order valence-corrected chi connectivity index (χ2v) is 2.81. The van der Waals surface area contributed by atoms with Crippen molar-refractivity contribution in [3.63, 3.8) is 0 Å². The Morgan fingerprint density at radius 2 is 2.25 bits per heavy atom. The predicted octanol–water partition coefficient (Wildman–Crippen LogP) is 1.16. The average Bonchev–Trinajstić information content (AvgIpc) is 1.98. The Bertz CT molecular complexity index is 70.5. The second-order valence-electron chi connectivity index (χ2n) is 2.81. The van der Waals surface area contributed by atoms with Crippen molar-refractivity contribution in [2.45, 2.75) is 19.4 Å². The van der Waals surface area contributed by atoms with Crippen molar-refractivity contribution < 1.29 is 0 Å². The summed E-state index contributed by atoms with van der Waals surface area (Å²) >= 11 is 0. The highest BCUT2D eigenvalue weighted by Gasteiger charge is 2.23. The summed E-state index contributed by atoms with van der Waals surface area (Å²) in [6.07, 6.45) is 1.32. The van der Waals surface area contributed by atoms with E-state index in [4.69, 9.17) is 0 Å². The number of rotatable bonds is 0. The largest absolute Gasteiger partial charge is 0.303 e. The molecule has 0 aromatic rings. The molecular weight excluding hydrogens is 98.1 g/mol. The molecule has 1 nitrogen and oxygen atoms in total. The lowest BCUT2D eigenvalue weighted by Crippen LogP contribution is -2.24. The molecule has 0 N–H and O–H groups in total. The summed E-state index contributed by atoms with van der Waals surface area (Å²) in [6, 6.07) is 0.565. The fourth-order valence-electron chi connectivity index (χ4n) is 1.20. The summed E-state index contributed by atoms with van der Waals surface area (Å²) < 4.78 is 0. The van der Waals surface area contributed by atoms with Gasteiger partial charge >= 0.3 is 0 Å². The number of hydrogen-bond acceptors (Lipinski definition) is 1. The van der Waals surface area contributed by atoms with Gasteiger partial charge in [-0.2, -0.15) is 0 Å². The summed E-state index contributed by atoms with van der Waals surface area (Å²) in [5.41, 5.74) is 0. The maximum absolute atomic E-state index is 4.03. The van der Waals surface area contributed by atoms with Crippen LogP contribution >= 0.6 is 0 Å². The van der Waals surface area contributed by atoms with E-state index in [-0.39, 0.29) is 0 Å². The molecule has 2 unspecified atom stereocenters. The van der Waals surface area contributed by atoms with E-state index >= 15 is 0 Å². The third kappa shape index (κ3) is 0.873. The maximum Gasteiger partial charge on any atom is 0.0119 e. The van der Waals surface area contributed by atoms with Crippen molar-refractivity contribution in [1.82, 2.24) is 4.90 Å². The Labute approximate surface area is 51.7 Å². The van der Waals surface area contributed by atoms with Crippen molar-refractivity contribution in [3.8, 4) is 0 Å². The Kier molecular flexibility index (Phi) is 1.57. The first-order valence-corrected chi connectivity index (χ1v) is 3.25. The molecule has 1 saturated heterocycles. The molecule has 1 fully saturated rings. The summed E-state index contributed by atoms with van der Waals surface area (Å²) in [5, 5.41) is 0. The molecule has 0 aliphatic carbocycles. The summed E-state index contributed by atoms with van der Waals surface area (Å²) in [6.45, 7) is 7.52. The van der Waals surface area contributed by atoms with Crippen LogP contribution in [0.15, 0.2) is 0 Å². The van der Waals surface area contributed by atoms with E-state index in [1.54, 1.807) is 0 Å². The molecule has 2 atom stereocenters. The zero-order valence-electron chi connectivity index (χ0n) is 5.72. The van der Waals surface area contributed by atoms with Crippen LogP contribution in [0.4, 0.5) is 0 Å². The quantitative estimate of drug-likeness (QED) is 0.454. The van der Waals surface area contributed by atoms with Gasteiger partial charge in [0.15, 0.2) is 0 Å². The van der Waals surface area contributed by atoms with Crippen molar-refractivity contribution in [2.24, 2.45) is 5.92 Å². The molecule has 8 heavy (non-hydrogen) atoms. The van der Waals surface area contributed by atoms with Gasteiger partial charge in [0.25, 0.3) is 0 Å². The fourth-order valence-corrected chi connectivity index (χ4v) is 1.20. The lowest BCUT2D eigenvalue weighted by molar-refractivity contribution is 0.328. The monoisotopic (exact) mass is 112 g/mol. The Hall–Kier alpha value is -0.0400. The van der Waals surface area contributed by atoms with E-state index in [2.05, 4.69) is 25.8 Å². The molecule has 0 bridgehead atoms. The van der Waals surface area contributed by atoms with E-state index in [9.17, 15) is 0 Å². The number of likely N-dealkylation sites (tertiary alicyclic amines) is 1. The van der Waals surface area contributed by atoms with Crippen LogP contribution in [0.2, 0.25) is 0 Å². The van der Waals surface area contributed by atoms with Gasteiger partial charge in [0.2, 0.25) is 0 Å². The van der Waals surface area contributed by atoms with Gasteiger partial charge in [0.1, 0.15) is 0 Å². The summed E-state index contributed by atoms with van der Waals surface area (Å²) in [4.78, 5) is 2.31. The third-order valence-electron chi connectivity index (χ3n) is 2.16. The Morgan fingerprint density at radius 1 is 1.62 bits per heavy atom. The van der Waals surface area contributed by atoms with Gasteiger partial charge in [-0.25, -0.2) is 0 Å².